The van der Waals surface area contributed by atoms with Gasteiger partial charge in [-0.2, -0.15) is 11.3 Å². The lowest BCUT2D eigenvalue weighted by atomic mass is 10.4. The number of anilines is 3. The van der Waals surface area contributed by atoms with Crippen LogP contribution in [-0.2, 0) is 0 Å². The summed E-state index contributed by atoms with van der Waals surface area (Å²) in [5, 5.41) is 10.7. The summed E-state index contributed by atoms with van der Waals surface area (Å²) in [7, 11) is 0. The molecule has 3 heterocycles. The van der Waals surface area contributed by atoms with E-state index in [1.54, 1.807) is 0 Å². The quantitative estimate of drug-likeness (QED) is 0.799. The van der Waals surface area contributed by atoms with E-state index in [-0.39, 0.29) is 5.91 Å². The van der Waals surface area contributed by atoms with Gasteiger partial charge in [0.15, 0.2) is 5.13 Å². The minimum atomic E-state index is -0.195. The van der Waals surface area contributed by atoms with E-state index in [0.29, 0.717) is 10.7 Å². The molecule has 0 radical (unpaired) electrons. The zero-order valence-electron chi connectivity index (χ0n) is 10.8. The Balaban J connectivity index is 1.76. The summed E-state index contributed by atoms with van der Waals surface area (Å²) in [6.45, 7) is 3.63. The fourth-order valence-corrected chi connectivity index (χ4v) is 3.52. The highest BCUT2D eigenvalue weighted by molar-refractivity contribution is 7.18. The second-order valence-corrected chi connectivity index (χ2v) is 6.17. The Hall–Kier alpha value is -1.64. The molecule has 1 aliphatic heterocycles. The fourth-order valence-electron chi connectivity index (χ4n) is 2.00. The fraction of sp³-hybridized carbons (Fsp3) is 0.333. The molecule has 0 saturated carbocycles. The van der Waals surface area contributed by atoms with Crippen LogP contribution in [-0.4, -0.2) is 37.1 Å². The number of nitrogen functional groups attached to an aromatic ring is 1. The lowest BCUT2D eigenvalue weighted by Gasteiger charge is -2.26. The van der Waals surface area contributed by atoms with Crippen LogP contribution in [0.4, 0.5) is 16.6 Å². The van der Waals surface area contributed by atoms with Crippen LogP contribution in [0.15, 0.2) is 16.8 Å². The number of carbonyl (C=O) groups is 1. The average molecular weight is 309 g/mol. The van der Waals surface area contributed by atoms with Gasteiger partial charge in [0.1, 0.15) is 10.7 Å². The number of thiazole rings is 1. The Labute approximate surface area is 124 Å². The predicted molar refractivity (Wildman–Crippen MR) is 83.9 cm³/mol. The van der Waals surface area contributed by atoms with Gasteiger partial charge in [-0.15, -0.1) is 0 Å². The molecule has 1 amide bonds. The van der Waals surface area contributed by atoms with E-state index in [2.05, 4.69) is 20.5 Å². The van der Waals surface area contributed by atoms with Gasteiger partial charge in [0, 0.05) is 31.6 Å². The lowest BCUT2D eigenvalue weighted by Crippen LogP contribution is -2.43. The van der Waals surface area contributed by atoms with Crippen molar-refractivity contribution in [1.82, 2.24) is 10.3 Å². The zero-order chi connectivity index (χ0) is 13.9. The first kappa shape index (κ1) is 13.3. The first-order valence-electron chi connectivity index (χ1n) is 6.29. The molecule has 1 fully saturated rings. The molecule has 2 aromatic heterocycles. The molecule has 2 aromatic rings. The number of carbonyl (C=O) groups excluding carboxylic acids is 1. The molecule has 1 saturated heterocycles. The van der Waals surface area contributed by atoms with E-state index >= 15 is 0 Å². The summed E-state index contributed by atoms with van der Waals surface area (Å²) in [5.41, 5.74) is 6.67. The van der Waals surface area contributed by atoms with E-state index in [1.807, 2.05) is 16.8 Å². The molecule has 106 valence electrons. The average Bonchev–Trinajstić information content (AvgIpc) is 3.09. The molecule has 0 atom stereocenters. The van der Waals surface area contributed by atoms with Crippen LogP contribution in [0, 0.1) is 0 Å². The number of aromatic nitrogens is 1. The van der Waals surface area contributed by atoms with Gasteiger partial charge in [-0.05, 0) is 11.4 Å². The molecule has 0 aliphatic carbocycles. The Kier molecular flexibility index (Phi) is 3.86. The number of rotatable bonds is 3. The van der Waals surface area contributed by atoms with Crippen LogP contribution < -0.4 is 21.3 Å². The van der Waals surface area contributed by atoms with Crippen molar-refractivity contribution in [1.29, 1.82) is 0 Å². The van der Waals surface area contributed by atoms with Crippen molar-refractivity contribution >= 4 is 45.2 Å². The molecule has 0 aromatic carbocycles. The number of nitrogens with two attached hydrogens (primary N) is 1. The molecule has 6 nitrogen and oxygen atoms in total. The summed E-state index contributed by atoms with van der Waals surface area (Å²) in [4.78, 5) is 19.1. The second-order valence-electron chi connectivity index (χ2n) is 4.41. The molecule has 0 unspecified atom stereocenters. The summed E-state index contributed by atoms with van der Waals surface area (Å²) < 4.78 is 0. The normalized spacial score (nSPS) is 15.3. The van der Waals surface area contributed by atoms with E-state index in [9.17, 15) is 4.79 Å². The minimum Gasteiger partial charge on any atom is -0.382 e. The molecular formula is C12H15N5OS2. The highest BCUT2D eigenvalue weighted by Gasteiger charge is 2.20. The molecule has 0 bridgehead atoms. The van der Waals surface area contributed by atoms with E-state index in [0.717, 1.165) is 37.0 Å². The van der Waals surface area contributed by atoms with Crippen molar-refractivity contribution in [3.63, 3.8) is 0 Å². The SMILES string of the molecule is Nc1nc(N2CCNCC2)sc1C(=O)Nc1ccsc1. The summed E-state index contributed by atoms with van der Waals surface area (Å²) in [6, 6.07) is 1.86. The number of hydrogen-bond donors (Lipinski definition) is 3. The molecule has 4 N–H and O–H groups in total. The molecule has 1 aliphatic rings. The summed E-state index contributed by atoms with van der Waals surface area (Å²) in [5.74, 6) is 0.107. The van der Waals surface area contributed by atoms with Crippen molar-refractivity contribution in [3.05, 3.63) is 21.7 Å². The number of thiophene rings is 1. The van der Waals surface area contributed by atoms with E-state index in [1.165, 1.54) is 22.7 Å². The molecule has 0 spiro atoms. The van der Waals surface area contributed by atoms with Crippen LogP contribution in [0.2, 0.25) is 0 Å². The predicted octanol–water partition coefficient (Wildman–Crippen LogP) is 1.45. The Bertz CT molecular complexity index is 589. The Morgan fingerprint density at radius 1 is 1.45 bits per heavy atom. The van der Waals surface area contributed by atoms with Crippen LogP contribution >= 0.6 is 22.7 Å². The minimum absolute atomic E-state index is 0.195. The number of hydrogen-bond acceptors (Lipinski definition) is 7. The van der Waals surface area contributed by atoms with Crippen molar-refractivity contribution < 1.29 is 4.79 Å². The number of nitrogens with zero attached hydrogens (tertiary/aromatic N) is 2. The number of amides is 1. The third kappa shape index (κ3) is 2.77. The van der Waals surface area contributed by atoms with Crippen molar-refractivity contribution in [2.45, 2.75) is 0 Å². The Morgan fingerprint density at radius 2 is 2.25 bits per heavy atom. The van der Waals surface area contributed by atoms with Crippen molar-refractivity contribution in [3.8, 4) is 0 Å². The monoisotopic (exact) mass is 309 g/mol. The standard InChI is InChI=1S/C12H15N5OS2/c13-10-9(11(18)15-8-1-6-19-7-8)20-12(16-10)17-4-2-14-3-5-17/h1,6-7,14H,2-5,13H2,(H,15,18). The van der Waals surface area contributed by atoms with Gasteiger partial charge in [0.05, 0.1) is 5.69 Å². The third-order valence-corrected chi connectivity index (χ3v) is 4.83. The zero-order valence-corrected chi connectivity index (χ0v) is 12.4. The van der Waals surface area contributed by atoms with Gasteiger partial charge in [-0.1, -0.05) is 11.3 Å². The first-order valence-corrected chi connectivity index (χ1v) is 8.05. The van der Waals surface area contributed by atoms with Crippen LogP contribution in [0.1, 0.15) is 9.67 Å². The highest BCUT2D eigenvalue weighted by atomic mass is 32.1. The van der Waals surface area contributed by atoms with Crippen LogP contribution in [0.3, 0.4) is 0 Å². The first-order chi connectivity index (χ1) is 9.74. The number of piperazine rings is 1. The molecule has 3 rings (SSSR count). The maximum absolute atomic E-state index is 12.2. The van der Waals surface area contributed by atoms with Gasteiger partial charge in [0.25, 0.3) is 5.91 Å². The van der Waals surface area contributed by atoms with Crippen molar-refractivity contribution in [2.24, 2.45) is 0 Å². The molecule has 8 heteroatoms. The number of nitrogens with one attached hydrogen (secondary N) is 2. The van der Waals surface area contributed by atoms with Gasteiger partial charge in [0.2, 0.25) is 0 Å². The maximum atomic E-state index is 12.2. The third-order valence-electron chi connectivity index (χ3n) is 3.01. The van der Waals surface area contributed by atoms with Gasteiger partial charge in [-0.3, -0.25) is 4.79 Å². The van der Waals surface area contributed by atoms with E-state index < -0.39 is 0 Å². The largest absolute Gasteiger partial charge is 0.382 e. The topological polar surface area (TPSA) is 83.3 Å². The Morgan fingerprint density at radius 3 is 2.95 bits per heavy atom. The molecular weight excluding hydrogens is 294 g/mol. The highest BCUT2D eigenvalue weighted by Crippen LogP contribution is 2.29. The van der Waals surface area contributed by atoms with Gasteiger partial charge >= 0.3 is 0 Å². The lowest BCUT2D eigenvalue weighted by molar-refractivity contribution is 0.103. The van der Waals surface area contributed by atoms with Crippen LogP contribution in [0.25, 0.3) is 0 Å². The second kappa shape index (κ2) is 5.78. The summed E-state index contributed by atoms with van der Waals surface area (Å²) >= 11 is 2.88. The smallest absolute Gasteiger partial charge is 0.269 e. The van der Waals surface area contributed by atoms with Crippen LogP contribution in [0.5, 0.6) is 0 Å². The van der Waals surface area contributed by atoms with Crippen molar-refractivity contribution in [2.75, 3.05) is 42.1 Å². The van der Waals surface area contributed by atoms with E-state index in [4.69, 9.17) is 5.73 Å². The van der Waals surface area contributed by atoms with Gasteiger partial charge < -0.3 is 21.3 Å². The van der Waals surface area contributed by atoms with Gasteiger partial charge in [-0.25, -0.2) is 4.98 Å². The summed E-state index contributed by atoms with van der Waals surface area (Å²) in [6.07, 6.45) is 0. The molecule has 20 heavy (non-hydrogen) atoms. The maximum Gasteiger partial charge on any atom is 0.269 e.